The van der Waals surface area contributed by atoms with Gasteiger partial charge in [-0.25, -0.2) is 4.98 Å². The fraction of sp³-hybridized carbons (Fsp3) is 0.688. The summed E-state index contributed by atoms with van der Waals surface area (Å²) in [6.07, 6.45) is 2.74. The van der Waals surface area contributed by atoms with Crippen LogP contribution in [0.25, 0.3) is 0 Å². The summed E-state index contributed by atoms with van der Waals surface area (Å²) in [7, 11) is 1.57. The Morgan fingerprint density at radius 3 is 2.43 bits per heavy atom. The van der Waals surface area contributed by atoms with E-state index in [2.05, 4.69) is 4.98 Å². The summed E-state index contributed by atoms with van der Waals surface area (Å²) >= 11 is 6.11. The third kappa shape index (κ3) is 4.09. The van der Waals surface area contributed by atoms with Crippen LogP contribution in [-0.4, -0.2) is 23.7 Å². The minimum Gasteiger partial charge on any atom is -0.493 e. The molecule has 2 rings (SSSR count). The van der Waals surface area contributed by atoms with E-state index in [-0.39, 0.29) is 19.9 Å². The molecule has 0 aliphatic heterocycles. The zero-order valence-corrected chi connectivity index (χ0v) is 13.5. The van der Waals surface area contributed by atoms with Gasteiger partial charge < -0.3 is 15.6 Å². The van der Waals surface area contributed by atoms with Gasteiger partial charge >= 0.3 is 0 Å². The van der Waals surface area contributed by atoms with Crippen molar-refractivity contribution in [1.82, 2.24) is 4.98 Å². The smallest absolute Gasteiger partial charge is 0.171 e. The first-order valence-electron chi connectivity index (χ1n) is 7.23. The van der Waals surface area contributed by atoms with Crippen molar-refractivity contribution in [3.63, 3.8) is 0 Å². The number of methoxy groups -OCH3 is 1. The second kappa shape index (κ2) is 8.57. The number of aliphatic hydroxyl groups is 1. The molecule has 0 bridgehead atoms. The molecule has 1 aromatic heterocycles. The van der Waals surface area contributed by atoms with Crippen molar-refractivity contribution in [3.8, 4) is 5.75 Å². The summed E-state index contributed by atoms with van der Waals surface area (Å²) in [5, 5.41) is 10.9. The molecular weight excluding hydrogens is 288 g/mol. The maximum atomic E-state index is 10.7. The summed E-state index contributed by atoms with van der Waals surface area (Å²) in [6, 6.07) is 1.86. The number of ether oxygens (including phenoxy) is 1. The first-order valence-corrected chi connectivity index (χ1v) is 7.61. The number of aryl methyl sites for hydroxylation is 1. The largest absolute Gasteiger partial charge is 0.493 e. The number of nitrogens with zero attached hydrogens (tertiary/aromatic N) is 1. The molecule has 3 N–H and O–H groups in total. The van der Waals surface area contributed by atoms with E-state index in [4.69, 9.17) is 22.1 Å². The molecule has 0 spiro atoms. The van der Waals surface area contributed by atoms with Gasteiger partial charge in [-0.2, -0.15) is 0 Å². The molecule has 1 aliphatic carbocycles. The molecule has 122 valence electrons. The molecule has 1 saturated carbocycles. The number of hydrogen-bond acceptors (Lipinski definition) is 4. The van der Waals surface area contributed by atoms with E-state index in [1.807, 2.05) is 26.8 Å². The maximum absolute atomic E-state index is 10.7. The minimum absolute atomic E-state index is 0. The average Bonchev–Trinajstić information content (AvgIpc) is 3.32. The van der Waals surface area contributed by atoms with Crippen molar-refractivity contribution in [2.24, 2.45) is 11.7 Å². The Bertz CT molecular complexity index is 450. The Labute approximate surface area is 133 Å². The van der Waals surface area contributed by atoms with Crippen LogP contribution in [0.5, 0.6) is 5.75 Å². The van der Waals surface area contributed by atoms with E-state index >= 15 is 0 Å². The van der Waals surface area contributed by atoms with Crippen LogP contribution in [0.4, 0.5) is 0 Å². The van der Waals surface area contributed by atoms with E-state index in [1.165, 1.54) is 0 Å². The molecule has 1 fully saturated rings. The van der Waals surface area contributed by atoms with Crippen LogP contribution in [0.1, 0.15) is 52.3 Å². The number of nitrogens with two attached hydrogens (primary N) is 1. The van der Waals surface area contributed by atoms with Gasteiger partial charge in [0.15, 0.2) is 10.9 Å². The van der Waals surface area contributed by atoms with E-state index in [0.717, 1.165) is 24.8 Å². The van der Waals surface area contributed by atoms with E-state index < -0.39 is 5.60 Å². The Morgan fingerprint density at radius 1 is 1.48 bits per heavy atom. The molecule has 1 aromatic rings. The van der Waals surface area contributed by atoms with Crippen LogP contribution in [0.3, 0.4) is 0 Å². The van der Waals surface area contributed by atoms with Gasteiger partial charge in [-0.3, -0.25) is 0 Å². The number of pyridine rings is 1. The van der Waals surface area contributed by atoms with Crippen molar-refractivity contribution in [2.75, 3.05) is 13.7 Å². The van der Waals surface area contributed by atoms with Crippen LogP contribution in [0.2, 0.25) is 5.15 Å². The maximum Gasteiger partial charge on any atom is 0.171 e. The van der Waals surface area contributed by atoms with Crippen molar-refractivity contribution in [1.29, 1.82) is 0 Å². The quantitative estimate of drug-likeness (QED) is 0.815. The number of hydrogen-bond donors (Lipinski definition) is 2. The highest BCUT2D eigenvalue weighted by molar-refractivity contribution is 6.31. The molecule has 1 atom stereocenters. The highest BCUT2D eigenvalue weighted by atomic mass is 35.5. The first kappa shape index (κ1) is 20.2. The summed E-state index contributed by atoms with van der Waals surface area (Å²) in [5.74, 6) is 0.780. The molecule has 5 heteroatoms. The predicted octanol–water partition coefficient (Wildman–Crippen LogP) is 3.52. The first-order chi connectivity index (χ1) is 9.56. The van der Waals surface area contributed by atoms with Gasteiger partial charge in [0, 0.05) is 6.54 Å². The molecule has 0 amide bonds. The van der Waals surface area contributed by atoms with Gasteiger partial charge in [0.1, 0.15) is 5.60 Å². The number of aromatic nitrogens is 1. The molecule has 1 heterocycles. The molecule has 1 aliphatic rings. The van der Waals surface area contributed by atoms with Gasteiger partial charge in [0.25, 0.3) is 0 Å². The molecule has 1 unspecified atom stereocenters. The van der Waals surface area contributed by atoms with Crippen LogP contribution < -0.4 is 10.5 Å². The molecule has 0 aromatic carbocycles. The predicted molar refractivity (Wildman–Crippen MR) is 88.9 cm³/mol. The zero-order chi connectivity index (χ0) is 15.3. The third-order valence-corrected chi connectivity index (χ3v) is 3.86. The van der Waals surface area contributed by atoms with Gasteiger partial charge in [0.2, 0.25) is 0 Å². The number of halogens is 1. The monoisotopic (exact) mass is 316 g/mol. The second-order valence-electron chi connectivity index (χ2n) is 4.75. The topological polar surface area (TPSA) is 68.4 Å². The van der Waals surface area contributed by atoms with Gasteiger partial charge in [-0.1, -0.05) is 39.8 Å². The van der Waals surface area contributed by atoms with Crippen molar-refractivity contribution < 1.29 is 9.84 Å². The lowest BCUT2D eigenvalue weighted by Crippen LogP contribution is -2.38. The van der Waals surface area contributed by atoms with Gasteiger partial charge in [0.05, 0.1) is 12.8 Å². The minimum atomic E-state index is -1.06. The Morgan fingerprint density at radius 2 is 2.05 bits per heavy atom. The molecule has 4 nitrogen and oxygen atoms in total. The lowest BCUT2D eigenvalue weighted by atomic mass is 9.92. The molecule has 21 heavy (non-hydrogen) atoms. The van der Waals surface area contributed by atoms with Gasteiger partial charge in [-0.05, 0) is 36.8 Å². The summed E-state index contributed by atoms with van der Waals surface area (Å²) in [4.78, 5) is 4.27. The Balaban J connectivity index is 0.00000128. The number of rotatable bonds is 5. The van der Waals surface area contributed by atoms with Crippen LogP contribution >= 0.6 is 11.6 Å². The van der Waals surface area contributed by atoms with E-state index in [9.17, 15) is 5.11 Å². The van der Waals surface area contributed by atoms with Crippen molar-refractivity contribution in [3.05, 3.63) is 22.5 Å². The molecular formula is C16H29ClN2O2. The highest BCUT2D eigenvalue weighted by Crippen LogP contribution is 2.45. The Kier molecular flexibility index (Phi) is 8.22. The average molecular weight is 317 g/mol. The highest BCUT2D eigenvalue weighted by Gasteiger charge is 2.45. The molecule has 0 radical (unpaired) electrons. The van der Waals surface area contributed by atoms with Crippen LogP contribution in [0.15, 0.2) is 6.07 Å². The van der Waals surface area contributed by atoms with Gasteiger partial charge in [-0.15, -0.1) is 0 Å². The summed E-state index contributed by atoms with van der Waals surface area (Å²) in [6.45, 7) is 6.17. The lowest BCUT2D eigenvalue weighted by Gasteiger charge is -2.27. The van der Waals surface area contributed by atoms with E-state index in [1.54, 1.807) is 7.11 Å². The lowest BCUT2D eigenvalue weighted by molar-refractivity contribution is 0.0178. The Hall–Kier alpha value is -0.840. The fourth-order valence-corrected chi connectivity index (χ4v) is 2.58. The van der Waals surface area contributed by atoms with Crippen molar-refractivity contribution >= 4 is 11.6 Å². The normalized spacial score (nSPS) is 16.1. The standard InChI is InChI=1S/C13H19ClN2O2.C2H6.CH4/c1-3-8-6-10(16-12(14)11(8)18-2)13(17,7-15)9-4-5-9;1-2;/h6,9,17H,3-5,7,15H2,1-2H3;1-2H3;1H4. The summed E-state index contributed by atoms with van der Waals surface area (Å²) in [5.41, 5.74) is 6.18. The van der Waals surface area contributed by atoms with Crippen LogP contribution in [0, 0.1) is 5.92 Å². The SMILES string of the molecule is C.CC.CCc1cc(C(O)(CN)C2CC2)nc(Cl)c1OC. The van der Waals surface area contributed by atoms with Crippen molar-refractivity contribution in [2.45, 2.75) is 53.1 Å². The summed E-state index contributed by atoms with van der Waals surface area (Å²) < 4.78 is 5.24. The second-order valence-corrected chi connectivity index (χ2v) is 5.10. The fourth-order valence-electron chi connectivity index (χ4n) is 2.29. The molecule has 0 saturated heterocycles. The van der Waals surface area contributed by atoms with E-state index in [0.29, 0.717) is 16.6 Å². The van der Waals surface area contributed by atoms with Crippen LogP contribution in [-0.2, 0) is 12.0 Å². The zero-order valence-electron chi connectivity index (χ0n) is 12.7. The third-order valence-electron chi connectivity index (χ3n) is 3.60.